The van der Waals surface area contributed by atoms with E-state index in [9.17, 15) is 30.0 Å². The zero-order valence-electron chi connectivity index (χ0n) is 13.5. The quantitative estimate of drug-likeness (QED) is 0.308. The Bertz CT molecular complexity index is 560. The van der Waals surface area contributed by atoms with E-state index in [-0.39, 0.29) is 11.1 Å². The number of aliphatic hydroxyl groups excluding tert-OH is 5. The Labute approximate surface area is 144 Å². The van der Waals surface area contributed by atoms with E-state index >= 15 is 0 Å². The predicted molar refractivity (Wildman–Crippen MR) is 83.8 cm³/mol. The molecule has 0 fully saturated rings. The van der Waals surface area contributed by atoms with Crippen molar-refractivity contribution < 1.29 is 44.6 Å². The second kappa shape index (κ2) is 10.1. The van der Waals surface area contributed by atoms with Gasteiger partial charge in [-0.05, 0) is 12.1 Å². The van der Waals surface area contributed by atoms with Crippen molar-refractivity contribution in [3.8, 4) is 0 Å². The maximum absolute atomic E-state index is 12.2. The third-order valence-electron chi connectivity index (χ3n) is 3.50. The highest BCUT2D eigenvalue weighted by atomic mass is 16.5. The summed E-state index contributed by atoms with van der Waals surface area (Å²) in [6, 6.07) is 5.63. The lowest BCUT2D eigenvalue weighted by Gasteiger charge is -2.26. The van der Waals surface area contributed by atoms with E-state index in [0.29, 0.717) is 0 Å². The van der Waals surface area contributed by atoms with Crippen molar-refractivity contribution in [2.24, 2.45) is 5.41 Å². The van der Waals surface area contributed by atoms with Gasteiger partial charge < -0.3 is 35.0 Å². The van der Waals surface area contributed by atoms with Gasteiger partial charge in [0.05, 0.1) is 43.0 Å². The second-order valence-corrected chi connectivity index (χ2v) is 5.53. The van der Waals surface area contributed by atoms with Crippen LogP contribution in [-0.2, 0) is 9.47 Å². The molecule has 25 heavy (non-hydrogen) atoms. The van der Waals surface area contributed by atoms with Crippen molar-refractivity contribution in [1.82, 2.24) is 0 Å². The third kappa shape index (κ3) is 5.76. The summed E-state index contributed by atoms with van der Waals surface area (Å²) in [5.74, 6) is -1.80. The number of aliphatic hydroxyl groups is 5. The van der Waals surface area contributed by atoms with E-state index in [2.05, 4.69) is 0 Å². The van der Waals surface area contributed by atoms with Crippen LogP contribution < -0.4 is 0 Å². The Hall–Kier alpha value is -2.04. The summed E-state index contributed by atoms with van der Waals surface area (Å²) < 4.78 is 9.79. The van der Waals surface area contributed by atoms with Gasteiger partial charge >= 0.3 is 11.9 Å². The van der Waals surface area contributed by atoms with Gasteiger partial charge in [0.2, 0.25) is 0 Å². The topological polar surface area (TPSA) is 154 Å². The highest BCUT2D eigenvalue weighted by molar-refractivity contribution is 6.03. The van der Waals surface area contributed by atoms with Crippen LogP contribution in [0.4, 0.5) is 0 Å². The van der Waals surface area contributed by atoms with E-state index in [0.717, 1.165) is 0 Å². The molecule has 1 unspecified atom stereocenters. The number of hydrogen-bond donors (Lipinski definition) is 5. The van der Waals surface area contributed by atoms with E-state index in [1.54, 1.807) is 0 Å². The molecular formula is C16H22O9. The fourth-order valence-electron chi connectivity index (χ4n) is 1.72. The van der Waals surface area contributed by atoms with Crippen molar-refractivity contribution in [2.45, 2.75) is 6.10 Å². The van der Waals surface area contributed by atoms with Crippen LogP contribution in [0, 0.1) is 5.41 Å². The van der Waals surface area contributed by atoms with E-state index in [1.165, 1.54) is 24.3 Å². The molecule has 140 valence electrons. The van der Waals surface area contributed by atoms with Crippen molar-refractivity contribution in [1.29, 1.82) is 0 Å². The molecule has 0 aliphatic heterocycles. The van der Waals surface area contributed by atoms with Crippen molar-refractivity contribution >= 4 is 11.9 Å². The van der Waals surface area contributed by atoms with E-state index in [4.69, 9.17) is 14.6 Å². The van der Waals surface area contributed by atoms with Gasteiger partial charge in [0.1, 0.15) is 19.3 Å². The standard InChI is InChI=1S/C16H22O9/c17-5-11(21)6-24-14(22)12-3-1-2-4-13(12)15(23)25-10-16(7-18,8-19)9-20/h1-4,11,17-21H,5-10H2. The van der Waals surface area contributed by atoms with Crippen LogP contribution in [0.15, 0.2) is 24.3 Å². The van der Waals surface area contributed by atoms with Gasteiger partial charge in [-0.25, -0.2) is 9.59 Å². The zero-order chi connectivity index (χ0) is 18.9. The van der Waals surface area contributed by atoms with Gasteiger partial charge in [0, 0.05) is 0 Å². The monoisotopic (exact) mass is 358 g/mol. The lowest BCUT2D eigenvalue weighted by Crippen LogP contribution is -2.39. The fraction of sp³-hybridized carbons (Fsp3) is 0.500. The minimum Gasteiger partial charge on any atom is -0.461 e. The summed E-state index contributed by atoms with van der Waals surface area (Å²) in [5, 5.41) is 45.6. The Balaban J connectivity index is 2.84. The number of carbonyl (C=O) groups excluding carboxylic acids is 2. The highest BCUT2D eigenvalue weighted by Crippen LogP contribution is 2.18. The molecule has 1 aromatic rings. The first-order chi connectivity index (χ1) is 11.9. The molecule has 0 aliphatic carbocycles. The summed E-state index contributed by atoms with van der Waals surface area (Å²) in [5.41, 5.74) is -1.62. The smallest absolute Gasteiger partial charge is 0.339 e. The van der Waals surface area contributed by atoms with E-state index in [1.807, 2.05) is 0 Å². The number of benzene rings is 1. The highest BCUT2D eigenvalue weighted by Gasteiger charge is 2.31. The molecule has 1 aromatic carbocycles. The summed E-state index contributed by atoms with van der Waals surface area (Å²) in [6.07, 6.45) is -1.23. The number of hydrogen-bond acceptors (Lipinski definition) is 9. The van der Waals surface area contributed by atoms with Gasteiger partial charge in [-0.1, -0.05) is 12.1 Å². The van der Waals surface area contributed by atoms with Gasteiger partial charge in [-0.2, -0.15) is 0 Å². The van der Waals surface area contributed by atoms with Crippen molar-refractivity contribution in [3.05, 3.63) is 35.4 Å². The number of ether oxygens (including phenoxy) is 2. The Morgan fingerprint density at radius 3 is 1.84 bits per heavy atom. The minimum atomic E-state index is -1.39. The van der Waals surface area contributed by atoms with Crippen LogP contribution in [0.2, 0.25) is 0 Å². The van der Waals surface area contributed by atoms with Gasteiger partial charge in [-0.3, -0.25) is 0 Å². The first-order valence-corrected chi connectivity index (χ1v) is 7.48. The molecule has 1 atom stereocenters. The molecule has 0 saturated carbocycles. The number of esters is 2. The molecule has 0 bridgehead atoms. The number of rotatable bonds is 10. The molecule has 0 aliphatic rings. The average molecular weight is 358 g/mol. The molecule has 9 heteroatoms. The number of carbonyl (C=O) groups is 2. The minimum absolute atomic E-state index is 0.111. The van der Waals surface area contributed by atoms with Gasteiger partial charge in [-0.15, -0.1) is 0 Å². The van der Waals surface area contributed by atoms with Crippen LogP contribution >= 0.6 is 0 Å². The molecule has 0 spiro atoms. The van der Waals surface area contributed by atoms with Crippen LogP contribution in [0.25, 0.3) is 0 Å². The molecule has 0 radical (unpaired) electrons. The largest absolute Gasteiger partial charge is 0.461 e. The normalized spacial score (nSPS) is 12.5. The van der Waals surface area contributed by atoms with Crippen molar-refractivity contribution in [2.75, 3.05) is 39.6 Å². The average Bonchev–Trinajstić information content (AvgIpc) is 2.67. The molecule has 0 saturated heterocycles. The van der Waals surface area contributed by atoms with E-state index < -0.39 is 63.1 Å². The zero-order valence-corrected chi connectivity index (χ0v) is 13.5. The summed E-state index contributed by atoms with van der Waals surface area (Å²) in [7, 11) is 0. The molecule has 9 nitrogen and oxygen atoms in total. The van der Waals surface area contributed by atoms with Crippen molar-refractivity contribution in [3.63, 3.8) is 0 Å². The second-order valence-electron chi connectivity index (χ2n) is 5.53. The SMILES string of the molecule is O=C(OCC(O)CO)c1ccccc1C(=O)OCC(CO)(CO)CO. The maximum atomic E-state index is 12.2. The predicted octanol–water partition coefficient (Wildman–Crippen LogP) is -1.68. The first-order valence-electron chi connectivity index (χ1n) is 7.48. The summed E-state index contributed by atoms with van der Waals surface area (Å²) in [6.45, 7) is -3.28. The Morgan fingerprint density at radius 2 is 1.40 bits per heavy atom. The molecule has 0 amide bonds. The summed E-state index contributed by atoms with van der Waals surface area (Å²) >= 11 is 0. The van der Waals surface area contributed by atoms with Crippen LogP contribution in [-0.4, -0.2) is 83.2 Å². The molecule has 1 rings (SSSR count). The molecule has 5 N–H and O–H groups in total. The van der Waals surface area contributed by atoms with Crippen LogP contribution in [0.3, 0.4) is 0 Å². The Kier molecular flexibility index (Phi) is 8.46. The third-order valence-corrected chi connectivity index (χ3v) is 3.50. The fourth-order valence-corrected chi connectivity index (χ4v) is 1.72. The van der Waals surface area contributed by atoms with Gasteiger partial charge in [0.25, 0.3) is 0 Å². The maximum Gasteiger partial charge on any atom is 0.339 e. The van der Waals surface area contributed by atoms with Crippen LogP contribution in [0.1, 0.15) is 20.7 Å². The Morgan fingerprint density at radius 1 is 0.920 bits per heavy atom. The molecular weight excluding hydrogens is 336 g/mol. The molecule has 0 aromatic heterocycles. The van der Waals surface area contributed by atoms with Gasteiger partial charge in [0.15, 0.2) is 0 Å². The summed E-state index contributed by atoms with van der Waals surface area (Å²) in [4.78, 5) is 24.2. The van der Waals surface area contributed by atoms with Crippen LogP contribution in [0.5, 0.6) is 0 Å². The lowest BCUT2D eigenvalue weighted by molar-refractivity contribution is -0.0442. The first kappa shape index (κ1) is 21.0. The lowest BCUT2D eigenvalue weighted by atomic mass is 9.92. The molecule has 0 heterocycles.